The molecule has 2 aromatic rings. The summed E-state index contributed by atoms with van der Waals surface area (Å²) in [4.78, 5) is 4.95. The summed E-state index contributed by atoms with van der Waals surface area (Å²) >= 11 is 6.74. The first-order valence-corrected chi connectivity index (χ1v) is 11.6. The van der Waals surface area contributed by atoms with Crippen molar-refractivity contribution in [3.8, 4) is 0 Å². The predicted molar refractivity (Wildman–Crippen MR) is 115 cm³/mol. The van der Waals surface area contributed by atoms with E-state index in [1.54, 1.807) is 0 Å². The van der Waals surface area contributed by atoms with Gasteiger partial charge in [-0.1, -0.05) is 0 Å². The average molecular weight is 492 g/mol. The van der Waals surface area contributed by atoms with Crippen LogP contribution in [0.25, 0.3) is 0 Å². The zero-order chi connectivity index (χ0) is 17.7. The van der Waals surface area contributed by atoms with E-state index in [9.17, 15) is 0 Å². The second-order valence-electron chi connectivity index (χ2n) is 6.38. The van der Waals surface area contributed by atoms with Gasteiger partial charge in [0.1, 0.15) is 0 Å². The van der Waals surface area contributed by atoms with Crippen LogP contribution in [0, 0.1) is 0 Å². The predicted octanol–water partition coefficient (Wildman–Crippen LogP) is 2.12. The van der Waals surface area contributed by atoms with Crippen molar-refractivity contribution in [3.63, 3.8) is 0 Å². The maximum atomic E-state index is 3.37. The van der Waals surface area contributed by atoms with Gasteiger partial charge in [-0.2, -0.15) is 0 Å². The van der Waals surface area contributed by atoms with E-state index in [-0.39, 0.29) is 10.9 Å². The molecule has 2 aromatic carbocycles. The molecule has 0 aliphatic carbocycles. The Morgan fingerprint density at radius 1 is 0.654 bits per heavy atom. The number of hydrogen-bond donors (Lipinski definition) is 0. The molecular formula is C19H18N4SSe2. The number of para-hydroxylation sites is 2. The first kappa shape index (κ1) is 16.8. The van der Waals surface area contributed by atoms with E-state index in [4.69, 9.17) is 0 Å². The summed E-state index contributed by atoms with van der Waals surface area (Å²) in [7, 11) is -0.227. The summed E-state index contributed by atoms with van der Waals surface area (Å²) < 4.78 is 7.31. The van der Waals surface area contributed by atoms with Crippen LogP contribution in [-0.2, 0) is 0 Å². The molecule has 26 heavy (non-hydrogen) atoms. The first-order valence-electron chi connectivity index (χ1n) is 8.72. The molecule has 0 N–H and O–H groups in total. The second kappa shape index (κ2) is 6.66. The molecule has 132 valence electrons. The van der Waals surface area contributed by atoms with Crippen LogP contribution in [0.5, 0.6) is 0 Å². The molecule has 3 aliphatic heterocycles. The summed E-state index contributed by atoms with van der Waals surface area (Å²) in [6, 6.07) is 21.4. The molecule has 0 aromatic heterocycles. The van der Waals surface area contributed by atoms with E-state index in [0.717, 1.165) is 13.1 Å². The fraction of sp³-hybridized carbons (Fsp3) is 0.211. The Kier molecular flexibility index (Phi) is 4.30. The molecule has 0 spiro atoms. The van der Waals surface area contributed by atoms with Gasteiger partial charge in [0, 0.05) is 0 Å². The van der Waals surface area contributed by atoms with Crippen LogP contribution < -0.4 is 8.61 Å². The Balaban J connectivity index is 1.72. The topological polar surface area (TPSA) is 13.0 Å². The van der Waals surface area contributed by atoms with Crippen molar-refractivity contribution >= 4 is 67.8 Å². The van der Waals surface area contributed by atoms with Crippen LogP contribution in [0.3, 0.4) is 0 Å². The van der Waals surface area contributed by atoms with Gasteiger partial charge < -0.3 is 0 Å². The summed E-state index contributed by atoms with van der Waals surface area (Å²) in [5.41, 5.74) is 2.45. The van der Waals surface area contributed by atoms with Gasteiger partial charge in [0.15, 0.2) is 0 Å². The van der Waals surface area contributed by atoms with E-state index in [2.05, 4.69) is 110 Å². The molecule has 0 bridgehead atoms. The van der Waals surface area contributed by atoms with Gasteiger partial charge in [-0.25, -0.2) is 0 Å². The Bertz CT molecular complexity index is 842. The number of benzene rings is 2. The molecule has 0 atom stereocenters. The van der Waals surface area contributed by atoms with Crippen molar-refractivity contribution in [3.05, 3.63) is 60.7 Å². The molecule has 0 radical (unpaired) electrons. The van der Waals surface area contributed by atoms with Crippen LogP contribution >= 0.6 is 10.9 Å². The van der Waals surface area contributed by atoms with Gasteiger partial charge in [0.2, 0.25) is 0 Å². The van der Waals surface area contributed by atoms with Crippen molar-refractivity contribution in [2.75, 3.05) is 21.7 Å². The first-order chi connectivity index (χ1) is 12.8. The van der Waals surface area contributed by atoms with Crippen LogP contribution in [0.2, 0.25) is 0 Å². The number of anilines is 2. The fourth-order valence-corrected chi connectivity index (χ4v) is 8.30. The number of rotatable bonds is 2. The van der Waals surface area contributed by atoms with Gasteiger partial charge in [0.05, 0.1) is 0 Å². The van der Waals surface area contributed by atoms with E-state index < -0.39 is 0 Å². The van der Waals surface area contributed by atoms with Gasteiger partial charge in [-0.3, -0.25) is 0 Å². The quantitative estimate of drug-likeness (QED) is 0.471. The van der Waals surface area contributed by atoms with Gasteiger partial charge >= 0.3 is 173 Å². The molecule has 4 nitrogen and oxygen atoms in total. The van der Waals surface area contributed by atoms with E-state index >= 15 is 0 Å². The zero-order valence-electron chi connectivity index (χ0n) is 14.1. The summed E-state index contributed by atoms with van der Waals surface area (Å²) in [5.74, 6) is 0. The van der Waals surface area contributed by atoms with E-state index in [0.29, 0.717) is 0 Å². The third kappa shape index (κ3) is 2.46. The number of nitrogens with zero attached hydrogens (tertiary/aromatic N) is 4. The minimum absolute atomic E-state index is 0.227. The molecule has 0 amide bonds. The monoisotopic (exact) mass is 494 g/mol. The van der Waals surface area contributed by atoms with Crippen LogP contribution in [-0.4, -0.2) is 68.5 Å². The van der Waals surface area contributed by atoms with Crippen molar-refractivity contribution < 1.29 is 0 Å². The van der Waals surface area contributed by atoms with Gasteiger partial charge in [0.25, 0.3) is 0 Å². The average Bonchev–Trinajstić information content (AvgIpc) is 2.98. The zero-order valence-corrected chi connectivity index (χ0v) is 18.4. The number of hydrogen-bond acceptors (Lipinski definition) is 4. The molecule has 3 aliphatic rings. The van der Waals surface area contributed by atoms with Crippen LogP contribution in [0.15, 0.2) is 60.7 Å². The molecule has 5 rings (SSSR count). The molecule has 1 saturated heterocycles. The van der Waals surface area contributed by atoms with Crippen molar-refractivity contribution in [1.82, 2.24) is 9.80 Å². The Morgan fingerprint density at radius 2 is 1.08 bits per heavy atom. The van der Waals surface area contributed by atoms with Gasteiger partial charge in [-0.05, 0) is 0 Å². The second-order valence-corrected chi connectivity index (χ2v) is 9.54. The Labute approximate surface area is 172 Å². The molecule has 3 heterocycles. The maximum absolute atomic E-state index is 3.37. The molecule has 0 unspecified atom stereocenters. The van der Waals surface area contributed by atoms with Gasteiger partial charge in [-0.15, -0.1) is 0 Å². The third-order valence-corrected chi connectivity index (χ3v) is 9.21. The van der Waals surface area contributed by atoms with Crippen molar-refractivity contribution in [2.24, 2.45) is 0 Å². The minimum atomic E-state index is -0.227. The molecule has 0 saturated carbocycles. The SMILES string of the molecule is [Se]=C1N2CCCCN3C(=[Se])N(c4ccccc4)S(=C23)N1c1ccccc1. The van der Waals surface area contributed by atoms with Crippen molar-refractivity contribution in [2.45, 2.75) is 12.8 Å². The van der Waals surface area contributed by atoms with Crippen LogP contribution in [0.1, 0.15) is 12.8 Å². The third-order valence-electron chi connectivity index (χ3n) is 4.78. The standard InChI is InChI=1S/C19H18N4SSe2/c25-18-20-13-7-8-14-21-17(20)24(22(18)15-9-3-1-4-10-15)23(19(21)26)16-11-5-2-6-12-16/h1-6,9-12H,7-8,13-14H2. The van der Waals surface area contributed by atoms with E-state index in [1.807, 2.05) is 0 Å². The Morgan fingerprint density at radius 3 is 1.50 bits per heavy atom. The summed E-state index contributed by atoms with van der Waals surface area (Å²) in [6.45, 7) is 2.13. The van der Waals surface area contributed by atoms with E-state index in [1.165, 1.54) is 38.7 Å². The summed E-state index contributed by atoms with van der Waals surface area (Å²) in [5, 5.41) is 1.39. The van der Waals surface area contributed by atoms with Crippen molar-refractivity contribution in [1.29, 1.82) is 0 Å². The molecular weight excluding hydrogens is 474 g/mol. The molecule has 1 fully saturated rings. The fourth-order valence-electron chi connectivity index (χ4n) is 3.59. The summed E-state index contributed by atoms with van der Waals surface area (Å²) in [6.07, 6.45) is 2.42. The van der Waals surface area contributed by atoms with Crippen LogP contribution in [0.4, 0.5) is 11.4 Å². The normalized spacial score (nSPS) is 20.1. The Hall–Kier alpha value is -1.36. The molecule has 7 heteroatoms.